The van der Waals surface area contributed by atoms with Crippen LogP contribution >= 0.6 is 11.6 Å². The number of nitrogens with one attached hydrogen (secondary N) is 1. The van der Waals surface area contributed by atoms with Crippen molar-refractivity contribution in [1.82, 2.24) is 4.90 Å². The zero-order valence-electron chi connectivity index (χ0n) is 11.6. The summed E-state index contributed by atoms with van der Waals surface area (Å²) in [7, 11) is 0. The van der Waals surface area contributed by atoms with Gasteiger partial charge in [0.05, 0.1) is 9.95 Å². The quantitative estimate of drug-likeness (QED) is 0.477. The second kappa shape index (κ2) is 6.28. The van der Waals surface area contributed by atoms with Crippen LogP contribution in [0.4, 0.5) is 11.4 Å². The van der Waals surface area contributed by atoms with Crippen LogP contribution < -0.4 is 11.3 Å². The van der Waals surface area contributed by atoms with E-state index in [0.717, 1.165) is 12.8 Å². The van der Waals surface area contributed by atoms with Crippen LogP contribution in [0.2, 0.25) is 5.02 Å². The number of nitrogens with zero attached hydrogens (tertiary/aromatic N) is 2. The molecule has 1 aliphatic carbocycles. The number of hydrogen-bond donors (Lipinski definition) is 2. The minimum Gasteiger partial charge on any atom is -0.339 e. The van der Waals surface area contributed by atoms with Gasteiger partial charge in [0.1, 0.15) is 5.69 Å². The van der Waals surface area contributed by atoms with Crippen molar-refractivity contribution in [3.8, 4) is 0 Å². The van der Waals surface area contributed by atoms with E-state index in [-0.39, 0.29) is 27.9 Å². The molecule has 0 radical (unpaired) electrons. The minimum absolute atomic E-state index is 0.00320. The summed E-state index contributed by atoms with van der Waals surface area (Å²) in [5.74, 6) is 5.54. The average molecular weight is 313 g/mol. The normalized spacial score (nSPS) is 13.9. The Bertz CT molecular complexity index is 575. The van der Waals surface area contributed by atoms with Gasteiger partial charge in [0.15, 0.2) is 0 Å². The Kier molecular flexibility index (Phi) is 4.64. The van der Waals surface area contributed by atoms with Gasteiger partial charge in [-0.3, -0.25) is 20.8 Å². The number of nitrogens with two attached hydrogens (primary N) is 1. The Balaban J connectivity index is 2.33. The smallest absolute Gasteiger partial charge is 0.295 e. The summed E-state index contributed by atoms with van der Waals surface area (Å²) >= 11 is 5.97. The van der Waals surface area contributed by atoms with Crippen molar-refractivity contribution < 1.29 is 9.72 Å². The van der Waals surface area contributed by atoms with E-state index in [4.69, 9.17) is 17.4 Å². The zero-order valence-corrected chi connectivity index (χ0v) is 12.4. The number of anilines is 1. The van der Waals surface area contributed by atoms with Gasteiger partial charge in [-0.25, -0.2) is 0 Å². The zero-order chi connectivity index (χ0) is 15.6. The van der Waals surface area contributed by atoms with Crippen molar-refractivity contribution in [2.45, 2.75) is 19.8 Å². The molecule has 0 aliphatic heterocycles. The lowest BCUT2D eigenvalue weighted by molar-refractivity contribution is -0.384. The molecule has 1 aliphatic rings. The fourth-order valence-corrected chi connectivity index (χ4v) is 2.42. The molecule has 3 N–H and O–H groups in total. The van der Waals surface area contributed by atoms with E-state index in [2.05, 4.69) is 5.43 Å². The van der Waals surface area contributed by atoms with Gasteiger partial charge in [0, 0.05) is 24.7 Å². The molecule has 0 atom stereocenters. The summed E-state index contributed by atoms with van der Waals surface area (Å²) in [6.07, 6.45) is 2.25. The highest BCUT2D eigenvalue weighted by atomic mass is 35.5. The molecule has 0 saturated heterocycles. The highest BCUT2D eigenvalue weighted by Gasteiger charge is 2.28. The summed E-state index contributed by atoms with van der Waals surface area (Å²) < 4.78 is 0. The maximum atomic E-state index is 12.5. The van der Waals surface area contributed by atoms with Crippen molar-refractivity contribution >= 4 is 28.9 Å². The van der Waals surface area contributed by atoms with Crippen LogP contribution in [-0.2, 0) is 0 Å². The fourth-order valence-electron chi connectivity index (χ4n) is 2.15. The Morgan fingerprint density at radius 1 is 1.57 bits per heavy atom. The third-order valence-electron chi connectivity index (χ3n) is 3.50. The predicted molar refractivity (Wildman–Crippen MR) is 80.2 cm³/mol. The molecular weight excluding hydrogens is 296 g/mol. The summed E-state index contributed by atoms with van der Waals surface area (Å²) in [5.41, 5.74) is 2.09. The lowest BCUT2D eigenvalue weighted by Crippen LogP contribution is -2.32. The average Bonchev–Trinajstić information content (AvgIpc) is 3.27. The summed E-state index contributed by atoms with van der Waals surface area (Å²) in [5, 5.41) is 11.1. The van der Waals surface area contributed by atoms with Crippen LogP contribution in [0, 0.1) is 16.0 Å². The van der Waals surface area contributed by atoms with E-state index in [1.165, 1.54) is 12.1 Å². The Labute approximate surface area is 127 Å². The van der Waals surface area contributed by atoms with Crippen molar-refractivity contribution in [3.63, 3.8) is 0 Å². The molecule has 8 heteroatoms. The lowest BCUT2D eigenvalue weighted by atomic mass is 10.1. The molecule has 0 unspecified atom stereocenters. The third-order valence-corrected chi connectivity index (χ3v) is 3.80. The monoisotopic (exact) mass is 312 g/mol. The van der Waals surface area contributed by atoms with Crippen LogP contribution in [0.25, 0.3) is 0 Å². The van der Waals surface area contributed by atoms with Gasteiger partial charge >= 0.3 is 0 Å². The molecule has 0 heterocycles. The number of benzene rings is 1. The molecular formula is C13H17ClN4O3. The van der Waals surface area contributed by atoms with Gasteiger partial charge in [-0.15, -0.1) is 0 Å². The number of amides is 1. The van der Waals surface area contributed by atoms with Crippen LogP contribution in [-0.4, -0.2) is 28.8 Å². The van der Waals surface area contributed by atoms with E-state index in [1.807, 2.05) is 6.92 Å². The van der Waals surface area contributed by atoms with Gasteiger partial charge in [-0.1, -0.05) is 11.6 Å². The van der Waals surface area contributed by atoms with Crippen LogP contribution in [0.3, 0.4) is 0 Å². The van der Waals surface area contributed by atoms with E-state index >= 15 is 0 Å². The van der Waals surface area contributed by atoms with E-state index < -0.39 is 4.92 Å². The molecule has 21 heavy (non-hydrogen) atoms. The molecule has 1 aromatic rings. The van der Waals surface area contributed by atoms with Gasteiger partial charge in [0.2, 0.25) is 0 Å². The molecule has 1 saturated carbocycles. The van der Waals surface area contributed by atoms with Crippen LogP contribution in [0.5, 0.6) is 0 Å². The van der Waals surface area contributed by atoms with Gasteiger partial charge in [-0.05, 0) is 31.7 Å². The number of hydrazine groups is 1. The van der Waals surface area contributed by atoms with Crippen LogP contribution in [0.15, 0.2) is 12.1 Å². The highest BCUT2D eigenvalue weighted by Crippen LogP contribution is 2.34. The number of nitrogen functional groups attached to an aromatic ring is 1. The Morgan fingerprint density at radius 3 is 2.71 bits per heavy atom. The first-order valence-corrected chi connectivity index (χ1v) is 7.09. The van der Waals surface area contributed by atoms with Crippen molar-refractivity contribution in [3.05, 3.63) is 32.8 Å². The van der Waals surface area contributed by atoms with Crippen molar-refractivity contribution in [1.29, 1.82) is 0 Å². The van der Waals surface area contributed by atoms with Crippen LogP contribution in [0.1, 0.15) is 30.1 Å². The van der Waals surface area contributed by atoms with Gasteiger partial charge < -0.3 is 10.3 Å². The second-order valence-corrected chi connectivity index (χ2v) is 5.45. The maximum absolute atomic E-state index is 12.5. The molecule has 114 valence electrons. The third kappa shape index (κ3) is 3.43. The van der Waals surface area contributed by atoms with Crippen molar-refractivity contribution in [2.24, 2.45) is 11.8 Å². The van der Waals surface area contributed by atoms with Gasteiger partial charge in [-0.2, -0.15) is 0 Å². The fraction of sp³-hybridized carbons (Fsp3) is 0.462. The number of carbonyl (C=O) groups is 1. The summed E-state index contributed by atoms with van der Waals surface area (Å²) in [6, 6.07) is 2.61. The minimum atomic E-state index is -0.616. The number of carbonyl (C=O) groups excluding carboxylic acids is 1. The number of halogens is 1. The summed E-state index contributed by atoms with van der Waals surface area (Å²) in [6.45, 7) is 3.11. The van der Waals surface area contributed by atoms with E-state index in [9.17, 15) is 14.9 Å². The molecule has 1 fully saturated rings. The Morgan fingerprint density at radius 2 is 2.24 bits per heavy atom. The molecule has 7 nitrogen and oxygen atoms in total. The number of hydrogen-bond acceptors (Lipinski definition) is 5. The first-order valence-electron chi connectivity index (χ1n) is 6.71. The van der Waals surface area contributed by atoms with Crippen molar-refractivity contribution in [2.75, 3.05) is 18.5 Å². The molecule has 1 amide bonds. The second-order valence-electron chi connectivity index (χ2n) is 5.04. The first kappa shape index (κ1) is 15.5. The molecule has 0 aromatic heterocycles. The van der Waals surface area contributed by atoms with Gasteiger partial charge in [0.25, 0.3) is 11.6 Å². The topological polar surface area (TPSA) is 102 Å². The largest absolute Gasteiger partial charge is 0.339 e. The summed E-state index contributed by atoms with van der Waals surface area (Å²) in [4.78, 5) is 24.6. The lowest BCUT2D eigenvalue weighted by Gasteiger charge is -2.21. The number of nitro benzene ring substituents is 1. The van der Waals surface area contributed by atoms with E-state index in [1.54, 1.807) is 4.90 Å². The SMILES string of the molecule is CCN(CC1CC1)C(=O)c1cc(Cl)c(NN)c([N+](=O)[O-])c1. The maximum Gasteiger partial charge on any atom is 0.295 e. The highest BCUT2D eigenvalue weighted by molar-refractivity contribution is 6.34. The standard InChI is InChI=1S/C13H17ClN4O3/c1-2-17(7-8-3-4-8)13(19)9-5-10(14)12(16-15)11(6-9)18(20)21/h5-6,8,16H,2-4,7,15H2,1H3. The number of nitro groups is 1. The van der Waals surface area contributed by atoms with E-state index in [0.29, 0.717) is 19.0 Å². The Hall–Kier alpha value is -1.86. The molecule has 1 aromatic carbocycles. The number of rotatable bonds is 6. The molecule has 0 spiro atoms. The first-order chi connectivity index (χ1) is 9.97. The molecule has 2 rings (SSSR count). The predicted octanol–water partition coefficient (Wildman–Crippen LogP) is 2.41. The molecule has 0 bridgehead atoms.